The van der Waals surface area contributed by atoms with Gasteiger partial charge < -0.3 is 34.0 Å². The van der Waals surface area contributed by atoms with E-state index in [1.165, 1.54) is 7.11 Å². The standard InChI is InChI=1S/C64H100N10O13Se/c1-39(2)27-45(63(85)72-52(29-41(5)6)57(79)34-44(18-12-14-26-66)62(84)73-54(35-58(68)80)56(78)33-43(60(69)82)17-11-13-25-65)31-47(75)37-71-61(83)46(38-88-50-21-19-49(87-7)20-22-50)32-48(76)36-70-59(81)24-23-55(77)53(30-42-15-9-8-10-16-42)74-64(86)51(67)28-40(3)4/h8-10,15-16,19-22,39-41,43-46,51-54H,11-14,17-18,23-38,65-67H2,1-7H3,(H2,68,80)(H2,69,82)(H,70,81)(H,71,83)(H,72,85)(H,73,84)(H,74,86)/t43-,44-,45-,46+,51+,52+,53+,54+/m1/s1. The number of rotatable bonds is 48. The maximum absolute atomic E-state index is 14.3. The first-order valence-corrected chi connectivity index (χ1v) is 32.8. The third-order valence-electron chi connectivity index (χ3n) is 14.8. The number of amides is 7. The Kier molecular flexibility index (Phi) is 37.2. The summed E-state index contributed by atoms with van der Waals surface area (Å²) < 4.78 is 6.19. The summed E-state index contributed by atoms with van der Waals surface area (Å²) in [6.07, 6.45) is 1.10. The van der Waals surface area contributed by atoms with Gasteiger partial charge in [-0.15, -0.1) is 0 Å². The molecule has 2 aromatic carbocycles. The van der Waals surface area contributed by atoms with Gasteiger partial charge in [0.25, 0.3) is 0 Å². The van der Waals surface area contributed by atoms with Crippen LogP contribution in [0.25, 0.3) is 0 Å². The minimum atomic E-state index is -1.41. The summed E-state index contributed by atoms with van der Waals surface area (Å²) in [6.45, 7) is 11.0. The van der Waals surface area contributed by atoms with Gasteiger partial charge in [0.1, 0.15) is 0 Å². The van der Waals surface area contributed by atoms with Gasteiger partial charge in [-0.05, 0) is 62.6 Å². The van der Waals surface area contributed by atoms with E-state index in [9.17, 15) is 57.5 Å². The van der Waals surface area contributed by atoms with E-state index in [2.05, 4.69) is 26.6 Å². The molecule has 0 unspecified atom stereocenters. The summed E-state index contributed by atoms with van der Waals surface area (Å²) in [5, 5.41) is 13.7. The van der Waals surface area contributed by atoms with Crippen molar-refractivity contribution in [2.24, 2.45) is 70.1 Å². The van der Waals surface area contributed by atoms with Gasteiger partial charge in [-0.2, -0.15) is 0 Å². The second-order valence-electron chi connectivity index (χ2n) is 24.1. The Morgan fingerprint density at radius 1 is 0.511 bits per heavy atom. The average Bonchev–Trinajstić information content (AvgIpc) is 3.51. The van der Waals surface area contributed by atoms with Crippen LogP contribution < -0.4 is 64.5 Å². The van der Waals surface area contributed by atoms with Gasteiger partial charge in [0.15, 0.2) is 5.78 Å². The van der Waals surface area contributed by atoms with E-state index in [1.54, 1.807) is 12.1 Å². The van der Waals surface area contributed by atoms with Gasteiger partial charge in [0.05, 0.1) is 18.5 Å². The molecule has 0 radical (unpaired) electrons. The predicted molar refractivity (Wildman–Crippen MR) is 337 cm³/mol. The molecule has 0 aliphatic carbocycles. The molecule has 0 fully saturated rings. The molecule has 7 amide bonds. The number of primary amides is 2. The summed E-state index contributed by atoms with van der Waals surface area (Å²) in [7, 11) is 1.53. The average molecular weight is 1300 g/mol. The zero-order chi connectivity index (χ0) is 65.9. The van der Waals surface area contributed by atoms with Crippen LogP contribution in [0.2, 0.25) is 5.32 Å². The zero-order valence-corrected chi connectivity index (χ0v) is 54.4. The normalized spacial score (nSPS) is 14.1. The van der Waals surface area contributed by atoms with Gasteiger partial charge >= 0.3 is 259 Å². The monoisotopic (exact) mass is 1300 g/mol. The number of methoxy groups -OCH3 is 1. The van der Waals surface area contributed by atoms with Crippen molar-refractivity contribution in [3.05, 3.63) is 60.2 Å². The second-order valence-corrected chi connectivity index (χ2v) is 26.4. The van der Waals surface area contributed by atoms with E-state index in [0.29, 0.717) is 50.9 Å². The summed E-state index contributed by atoms with van der Waals surface area (Å²) in [5.41, 5.74) is 29.4. The van der Waals surface area contributed by atoms with Crippen LogP contribution in [-0.4, -0.2) is 143 Å². The SMILES string of the molecule is COc1ccc([Se]C[C@H](CC(=O)CNC(=O)CCC(=O)[C@H](Cc2ccccc2)NC(=O)[C@@H](N)CC(C)C)C(=O)NCC(=O)C[C@@H](CC(C)C)C(=O)N[C@@H](CC(C)C)C(=O)C[C@@H](CCCCN)C(=O)N[C@@H](CC(N)=O)C(=O)C[C@@H](CCCCN)C(N)=O)cc1. The van der Waals surface area contributed by atoms with Crippen LogP contribution in [0.1, 0.15) is 150 Å². The zero-order valence-electron chi connectivity index (χ0n) is 52.7. The third-order valence-corrected chi connectivity index (χ3v) is 17.2. The van der Waals surface area contributed by atoms with Crippen LogP contribution in [0.4, 0.5) is 0 Å². The molecule has 8 atom stereocenters. The second kappa shape index (κ2) is 42.3. The number of carbonyl (C=O) groups is 12. The van der Waals surface area contributed by atoms with E-state index in [1.807, 2.05) is 84.0 Å². The maximum atomic E-state index is 14.3. The molecular formula is C64H100N10O13Se. The number of nitrogens with one attached hydrogen (secondary N) is 5. The number of hydrogen-bond acceptors (Lipinski definition) is 16. The molecule has 0 heterocycles. The molecule has 88 heavy (non-hydrogen) atoms. The Morgan fingerprint density at radius 3 is 1.59 bits per heavy atom. The van der Waals surface area contributed by atoms with Crippen molar-refractivity contribution in [2.75, 3.05) is 33.3 Å². The number of Topliss-reactive ketones (excluding diaryl/α,β-unsaturated/α-hetero) is 5. The van der Waals surface area contributed by atoms with Crippen molar-refractivity contribution >= 4 is 89.7 Å². The summed E-state index contributed by atoms with van der Waals surface area (Å²) in [6, 6.07) is 12.1. The molecule has 24 heteroatoms. The van der Waals surface area contributed by atoms with E-state index < -0.39 is 138 Å². The molecule has 0 spiro atoms. The molecule has 15 N–H and O–H groups in total. The van der Waals surface area contributed by atoms with Gasteiger partial charge in [-0.3, -0.25) is 28.8 Å². The fraction of sp³-hybridized carbons (Fsp3) is 0.625. The van der Waals surface area contributed by atoms with E-state index in [-0.39, 0.29) is 109 Å². The first-order chi connectivity index (χ1) is 41.7. The Bertz CT molecular complexity index is 2590. The van der Waals surface area contributed by atoms with Crippen molar-refractivity contribution in [2.45, 2.75) is 180 Å². The van der Waals surface area contributed by atoms with E-state index in [4.69, 9.17) is 33.4 Å². The van der Waals surface area contributed by atoms with Crippen LogP contribution in [0.3, 0.4) is 0 Å². The number of benzene rings is 2. The van der Waals surface area contributed by atoms with Crippen LogP contribution in [0.5, 0.6) is 5.75 Å². The topological polar surface area (TPSA) is 404 Å². The Balaban J connectivity index is 2.24. The van der Waals surface area contributed by atoms with Crippen molar-refractivity contribution in [3.8, 4) is 5.75 Å². The summed E-state index contributed by atoms with van der Waals surface area (Å²) >= 11 is -0.334. The summed E-state index contributed by atoms with van der Waals surface area (Å²) in [4.78, 5) is 162. The number of ether oxygens (including phenoxy) is 1. The predicted octanol–water partition coefficient (Wildman–Crippen LogP) is 2.11. The molecule has 490 valence electrons. The quantitative estimate of drug-likeness (QED) is 0.0335. The van der Waals surface area contributed by atoms with Crippen LogP contribution >= 0.6 is 0 Å². The van der Waals surface area contributed by atoms with Gasteiger partial charge in [0.2, 0.25) is 23.6 Å². The number of nitrogens with two attached hydrogens (primary N) is 5. The number of ketones is 5. The van der Waals surface area contributed by atoms with Crippen LogP contribution in [0.15, 0.2) is 54.6 Å². The number of unbranched alkanes of at least 4 members (excludes halogenated alkanes) is 2. The van der Waals surface area contributed by atoms with Crippen molar-refractivity contribution in [1.82, 2.24) is 26.6 Å². The van der Waals surface area contributed by atoms with E-state index >= 15 is 0 Å². The van der Waals surface area contributed by atoms with Gasteiger partial charge in [0, 0.05) is 24.7 Å². The molecule has 2 aromatic rings. The molecule has 23 nitrogen and oxygen atoms in total. The molecule has 0 bridgehead atoms. The van der Waals surface area contributed by atoms with Gasteiger partial charge in [-0.1, -0.05) is 70.9 Å². The first kappa shape index (κ1) is 77.4. The Hall–Kier alpha value is -6.72. The van der Waals surface area contributed by atoms with Crippen molar-refractivity contribution in [1.29, 1.82) is 0 Å². The van der Waals surface area contributed by atoms with E-state index in [0.717, 1.165) is 10.0 Å². The first-order valence-electron chi connectivity index (χ1n) is 30.8. The molecular weight excluding hydrogens is 1200 g/mol. The molecule has 0 aromatic heterocycles. The molecule has 2 rings (SSSR count). The Labute approximate surface area is 525 Å². The van der Waals surface area contributed by atoms with Crippen LogP contribution in [0, 0.1) is 41.4 Å². The third kappa shape index (κ3) is 32.0. The molecule has 0 aliphatic rings. The molecule has 0 aliphatic heterocycles. The van der Waals surface area contributed by atoms with Crippen molar-refractivity contribution < 1.29 is 62.3 Å². The fourth-order valence-corrected chi connectivity index (χ4v) is 12.0. The number of carbonyl (C=O) groups excluding carboxylic acids is 12. The minimum absolute atomic E-state index is 0.0899. The molecule has 0 saturated carbocycles. The molecule has 0 saturated heterocycles. The Morgan fingerprint density at radius 2 is 1.03 bits per heavy atom. The van der Waals surface area contributed by atoms with Gasteiger partial charge in [-0.25, -0.2) is 0 Å². The fourth-order valence-electron chi connectivity index (χ4n) is 9.94. The summed E-state index contributed by atoms with van der Waals surface area (Å²) in [5.74, 6) is -10.2. The van der Waals surface area contributed by atoms with Crippen LogP contribution in [-0.2, 0) is 64.0 Å². The van der Waals surface area contributed by atoms with Crippen molar-refractivity contribution in [3.63, 3.8) is 0 Å². The number of hydrogen-bond donors (Lipinski definition) is 10.